The molecule has 44 heavy (non-hydrogen) atoms. The standard InChI is InChI=1S/C27H30O17/c28-6-14-17(34)20(37)21(38)26(41-14)43-24-18(35)15(7-29)42-27(22(24)39)44-25-19(36)16-12(33)4-9(30)5-13(16)40-23(25)8-1-2-10(31)11(32)3-8/h1-5,14-15,17-18,20-22,24,26-35,37-39H,6-7H2/t14-,15-,17-,18-,20+,21-,22-,24+,26+,27+/m1/s1. The van der Waals surface area contributed by atoms with Gasteiger partial charge in [0, 0.05) is 17.7 Å². The van der Waals surface area contributed by atoms with E-state index in [2.05, 4.69) is 0 Å². The lowest BCUT2D eigenvalue weighted by molar-refractivity contribution is -0.352. The zero-order chi connectivity index (χ0) is 32.0. The third-order valence-corrected chi connectivity index (χ3v) is 7.35. The lowest BCUT2D eigenvalue weighted by atomic mass is 9.97. The van der Waals surface area contributed by atoms with Gasteiger partial charge in [-0.05, 0) is 18.2 Å². The average Bonchev–Trinajstić information content (AvgIpc) is 2.98. The van der Waals surface area contributed by atoms with Crippen molar-refractivity contribution in [1.82, 2.24) is 0 Å². The van der Waals surface area contributed by atoms with Crippen LogP contribution in [0.3, 0.4) is 0 Å². The Balaban J connectivity index is 1.55. The third-order valence-electron chi connectivity index (χ3n) is 7.35. The minimum atomic E-state index is -2.04. The number of aliphatic hydroxyl groups excluding tert-OH is 7. The summed E-state index contributed by atoms with van der Waals surface area (Å²) < 4.78 is 27.8. The summed E-state index contributed by atoms with van der Waals surface area (Å²) >= 11 is 0. The van der Waals surface area contributed by atoms with Crippen LogP contribution < -0.4 is 10.2 Å². The molecule has 0 aliphatic carbocycles. The van der Waals surface area contributed by atoms with Crippen LogP contribution in [0.25, 0.3) is 22.3 Å². The maximum atomic E-state index is 13.6. The molecule has 0 amide bonds. The van der Waals surface area contributed by atoms with Gasteiger partial charge in [0.25, 0.3) is 0 Å². The number of phenolic OH excluding ortho intramolecular Hbond substituents is 4. The van der Waals surface area contributed by atoms with Crippen LogP contribution in [0.4, 0.5) is 0 Å². The smallest absolute Gasteiger partial charge is 0.239 e. The number of phenols is 4. The highest BCUT2D eigenvalue weighted by molar-refractivity contribution is 5.88. The first-order valence-electron chi connectivity index (χ1n) is 13.2. The highest BCUT2D eigenvalue weighted by Crippen LogP contribution is 2.40. The number of hydrogen-bond donors (Lipinski definition) is 11. The van der Waals surface area contributed by atoms with E-state index in [1.807, 2.05) is 0 Å². The quantitative estimate of drug-likeness (QED) is 0.119. The maximum Gasteiger partial charge on any atom is 0.239 e. The van der Waals surface area contributed by atoms with Crippen LogP contribution in [-0.2, 0) is 14.2 Å². The minimum absolute atomic E-state index is 0.0599. The molecule has 0 unspecified atom stereocenters. The summed E-state index contributed by atoms with van der Waals surface area (Å²) in [4.78, 5) is 13.6. The second-order valence-electron chi connectivity index (χ2n) is 10.3. The van der Waals surface area contributed by atoms with E-state index >= 15 is 0 Å². The van der Waals surface area contributed by atoms with Crippen LogP contribution in [0.2, 0.25) is 0 Å². The van der Waals surface area contributed by atoms with E-state index in [1.165, 1.54) is 6.07 Å². The van der Waals surface area contributed by atoms with E-state index in [1.54, 1.807) is 0 Å². The fourth-order valence-corrected chi connectivity index (χ4v) is 4.99. The molecule has 1 aromatic heterocycles. The summed E-state index contributed by atoms with van der Waals surface area (Å²) in [6.07, 6.45) is -17.9. The molecule has 0 radical (unpaired) electrons. The Morgan fingerprint density at radius 1 is 0.705 bits per heavy atom. The van der Waals surface area contributed by atoms with Gasteiger partial charge in [0.05, 0.1) is 13.2 Å². The molecule has 2 aromatic carbocycles. The summed E-state index contributed by atoms with van der Waals surface area (Å²) in [5, 5.41) is 111. The molecule has 0 bridgehead atoms. The van der Waals surface area contributed by atoms with Crippen molar-refractivity contribution in [3.05, 3.63) is 40.6 Å². The van der Waals surface area contributed by atoms with Crippen molar-refractivity contribution < 1.29 is 79.5 Å². The first-order valence-corrected chi connectivity index (χ1v) is 13.2. The number of rotatable bonds is 7. The Hall–Kier alpha value is -3.75. The van der Waals surface area contributed by atoms with Crippen molar-refractivity contribution in [2.75, 3.05) is 13.2 Å². The molecule has 2 fully saturated rings. The van der Waals surface area contributed by atoms with Gasteiger partial charge in [-0.25, -0.2) is 0 Å². The van der Waals surface area contributed by atoms with E-state index in [-0.39, 0.29) is 11.1 Å². The van der Waals surface area contributed by atoms with Gasteiger partial charge in [-0.3, -0.25) is 4.79 Å². The Morgan fingerprint density at radius 3 is 2.02 bits per heavy atom. The second-order valence-corrected chi connectivity index (χ2v) is 10.3. The molecular formula is C27H30O17. The highest BCUT2D eigenvalue weighted by atomic mass is 16.7. The van der Waals surface area contributed by atoms with E-state index in [0.717, 1.165) is 24.3 Å². The average molecular weight is 627 g/mol. The second kappa shape index (κ2) is 12.3. The number of ether oxygens (including phenoxy) is 4. The van der Waals surface area contributed by atoms with Crippen molar-refractivity contribution in [2.45, 2.75) is 61.4 Å². The molecule has 17 nitrogen and oxygen atoms in total. The van der Waals surface area contributed by atoms with E-state index < -0.39 is 120 Å². The van der Waals surface area contributed by atoms with Gasteiger partial charge in [0.1, 0.15) is 71.3 Å². The number of hydrogen-bond acceptors (Lipinski definition) is 17. The van der Waals surface area contributed by atoms with Crippen LogP contribution in [-0.4, -0.2) is 131 Å². The summed E-state index contributed by atoms with van der Waals surface area (Å²) in [7, 11) is 0. The summed E-state index contributed by atoms with van der Waals surface area (Å²) in [5.41, 5.74) is -1.43. The van der Waals surface area contributed by atoms with Gasteiger partial charge in [0.15, 0.2) is 23.5 Å². The molecule has 0 saturated carbocycles. The highest BCUT2D eigenvalue weighted by Gasteiger charge is 2.51. The number of aliphatic hydroxyl groups is 7. The Labute approximate surface area is 246 Å². The molecule has 11 N–H and O–H groups in total. The van der Waals surface area contributed by atoms with Gasteiger partial charge in [-0.2, -0.15) is 0 Å². The predicted octanol–water partition coefficient (Wildman–Crippen LogP) is -2.71. The zero-order valence-electron chi connectivity index (χ0n) is 22.4. The lowest BCUT2D eigenvalue weighted by Gasteiger charge is -2.45. The van der Waals surface area contributed by atoms with Crippen molar-refractivity contribution in [2.24, 2.45) is 0 Å². The third kappa shape index (κ3) is 5.61. The Kier molecular flexibility index (Phi) is 8.87. The van der Waals surface area contributed by atoms with Crippen LogP contribution in [0.1, 0.15) is 0 Å². The topological polar surface area (TPSA) is 290 Å². The first kappa shape index (κ1) is 31.7. The maximum absolute atomic E-state index is 13.6. The molecule has 17 heteroatoms. The van der Waals surface area contributed by atoms with Crippen LogP contribution in [0, 0.1) is 0 Å². The van der Waals surface area contributed by atoms with E-state index in [4.69, 9.17) is 23.4 Å². The van der Waals surface area contributed by atoms with Crippen molar-refractivity contribution in [3.8, 4) is 40.1 Å². The van der Waals surface area contributed by atoms with Gasteiger partial charge in [0.2, 0.25) is 17.5 Å². The minimum Gasteiger partial charge on any atom is -0.508 e. The lowest BCUT2D eigenvalue weighted by Crippen LogP contribution is -2.65. The number of fused-ring (bicyclic) bond motifs is 1. The summed E-state index contributed by atoms with van der Waals surface area (Å²) in [6.45, 7) is -1.68. The summed E-state index contributed by atoms with van der Waals surface area (Å²) in [6, 6.07) is 5.14. The molecule has 0 spiro atoms. The van der Waals surface area contributed by atoms with E-state index in [0.29, 0.717) is 0 Å². The molecule has 2 saturated heterocycles. The van der Waals surface area contributed by atoms with Crippen LogP contribution in [0.5, 0.6) is 28.7 Å². The van der Waals surface area contributed by atoms with E-state index in [9.17, 15) is 61.0 Å². The van der Waals surface area contributed by atoms with Gasteiger partial charge in [-0.15, -0.1) is 0 Å². The molecule has 240 valence electrons. The van der Waals surface area contributed by atoms with Crippen molar-refractivity contribution in [3.63, 3.8) is 0 Å². The Morgan fingerprint density at radius 2 is 1.36 bits per heavy atom. The van der Waals surface area contributed by atoms with Crippen molar-refractivity contribution in [1.29, 1.82) is 0 Å². The zero-order valence-corrected chi connectivity index (χ0v) is 22.4. The molecule has 5 rings (SSSR count). The van der Waals surface area contributed by atoms with Gasteiger partial charge < -0.3 is 79.5 Å². The molecular weight excluding hydrogens is 596 g/mol. The predicted molar refractivity (Wildman–Crippen MR) is 142 cm³/mol. The first-order chi connectivity index (χ1) is 20.9. The number of benzene rings is 2. The molecule has 2 aliphatic heterocycles. The van der Waals surface area contributed by atoms with Gasteiger partial charge in [-0.1, -0.05) is 0 Å². The normalized spacial score (nSPS) is 32.5. The van der Waals surface area contributed by atoms with Gasteiger partial charge >= 0.3 is 0 Å². The van der Waals surface area contributed by atoms with Crippen molar-refractivity contribution >= 4 is 11.0 Å². The molecule has 3 aromatic rings. The largest absolute Gasteiger partial charge is 0.508 e. The molecule has 2 aliphatic rings. The fourth-order valence-electron chi connectivity index (χ4n) is 4.99. The SMILES string of the molecule is O=c1c(O[C@@H]2O[C@H](CO)[C@@H](O)[C@H](O[C@@H]3O[C@H](CO)[C@@H](O)[C@H](O)[C@H]3O)[C@H]2O)c(-c2ccc(O)c(O)c2)oc2cc(O)cc(O)c12. The van der Waals surface area contributed by atoms with Crippen LogP contribution >= 0.6 is 0 Å². The molecule has 10 atom stereocenters. The monoisotopic (exact) mass is 626 g/mol. The molecule has 3 heterocycles. The summed E-state index contributed by atoms with van der Waals surface area (Å²) in [5.74, 6) is -3.49. The van der Waals surface area contributed by atoms with Crippen LogP contribution in [0.15, 0.2) is 39.5 Å². The Bertz CT molecular complexity index is 1560. The number of aromatic hydroxyl groups is 4. The fraction of sp³-hybridized carbons (Fsp3) is 0.444.